The molecule has 0 radical (unpaired) electrons. The zero-order chi connectivity index (χ0) is 20.1. The lowest BCUT2D eigenvalue weighted by atomic mass is 10.1. The maximum absolute atomic E-state index is 13.1. The van der Waals surface area contributed by atoms with Gasteiger partial charge in [-0.1, -0.05) is 24.3 Å². The lowest BCUT2D eigenvalue weighted by Gasteiger charge is -2.14. The van der Waals surface area contributed by atoms with Crippen LogP contribution in [0.1, 0.15) is 16.8 Å². The van der Waals surface area contributed by atoms with Crippen LogP contribution in [0.5, 0.6) is 0 Å². The third-order valence-electron chi connectivity index (χ3n) is 3.97. The van der Waals surface area contributed by atoms with Crippen molar-refractivity contribution in [2.75, 3.05) is 17.2 Å². The van der Waals surface area contributed by atoms with Crippen molar-refractivity contribution in [1.29, 1.82) is 0 Å². The standard InChI is InChI=1S/C20H18F4N4/c1-13-12-18(25-11-10-14-6-8-15(21)9-7-14)28-19(26-13)27-17-5-3-2-4-16(17)20(22,23)24/h2-9,12H,10-11H2,1H3,(H2,25,26,27,28). The molecule has 8 heteroatoms. The number of nitrogens with one attached hydrogen (secondary N) is 2. The summed E-state index contributed by atoms with van der Waals surface area (Å²) < 4.78 is 52.4. The number of halogens is 4. The summed E-state index contributed by atoms with van der Waals surface area (Å²) in [4.78, 5) is 8.39. The van der Waals surface area contributed by atoms with E-state index in [1.54, 1.807) is 25.1 Å². The summed E-state index contributed by atoms with van der Waals surface area (Å²) in [5, 5.41) is 5.76. The van der Waals surface area contributed by atoms with Crippen LogP contribution in [0.2, 0.25) is 0 Å². The molecule has 146 valence electrons. The summed E-state index contributed by atoms with van der Waals surface area (Å²) >= 11 is 0. The molecule has 0 saturated heterocycles. The van der Waals surface area contributed by atoms with E-state index in [1.807, 2.05) is 0 Å². The van der Waals surface area contributed by atoms with Crippen molar-refractivity contribution in [2.45, 2.75) is 19.5 Å². The van der Waals surface area contributed by atoms with E-state index in [-0.39, 0.29) is 17.5 Å². The Balaban J connectivity index is 1.71. The molecule has 1 heterocycles. The number of aromatic nitrogens is 2. The fourth-order valence-electron chi connectivity index (χ4n) is 2.66. The largest absolute Gasteiger partial charge is 0.418 e. The van der Waals surface area contributed by atoms with Crippen molar-refractivity contribution in [2.24, 2.45) is 0 Å². The summed E-state index contributed by atoms with van der Waals surface area (Å²) in [6.45, 7) is 2.26. The van der Waals surface area contributed by atoms with Crippen LogP contribution in [0.15, 0.2) is 54.6 Å². The first kappa shape index (κ1) is 19.6. The van der Waals surface area contributed by atoms with Crippen LogP contribution in [-0.4, -0.2) is 16.5 Å². The Labute approximate surface area is 159 Å². The lowest BCUT2D eigenvalue weighted by Crippen LogP contribution is -2.11. The van der Waals surface area contributed by atoms with Crippen LogP contribution in [0.3, 0.4) is 0 Å². The Morgan fingerprint density at radius 1 is 0.964 bits per heavy atom. The van der Waals surface area contributed by atoms with Crippen LogP contribution < -0.4 is 10.6 Å². The summed E-state index contributed by atoms with van der Waals surface area (Å²) in [5.41, 5.74) is 0.659. The predicted molar refractivity (Wildman–Crippen MR) is 100 cm³/mol. The number of alkyl halides is 3. The molecule has 0 saturated carbocycles. The van der Waals surface area contributed by atoms with Gasteiger partial charge in [0.1, 0.15) is 11.6 Å². The summed E-state index contributed by atoms with van der Waals surface area (Å²) in [6.07, 6.45) is -3.84. The Hall–Kier alpha value is -3.16. The van der Waals surface area contributed by atoms with Gasteiger partial charge in [-0.15, -0.1) is 0 Å². The molecule has 0 aliphatic heterocycles. The molecule has 28 heavy (non-hydrogen) atoms. The quantitative estimate of drug-likeness (QED) is 0.558. The topological polar surface area (TPSA) is 49.8 Å². The minimum atomic E-state index is -4.48. The maximum atomic E-state index is 13.1. The number of hydrogen-bond acceptors (Lipinski definition) is 4. The second kappa shape index (κ2) is 8.24. The molecule has 1 aromatic heterocycles. The summed E-state index contributed by atoms with van der Waals surface area (Å²) in [6, 6.07) is 13.0. The Kier molecular flexibility index (Phi) is 5.77. The minimum absolute atomic E-state index is 0.0704. The van der Waals surface area contributed by atoms with Gasteiger partial charge in [0.05, 0.1) is 11.3 Å². The normalized spacial score (nSPS) is 11.3. The van der Waals surface area contributed by atoms with Gasteiger partial charge in [-0.05, 0) is 43.2 Å². The van der Waals surface area contributed by atoms with E-state index in [2.05, 4.69) is 20.6 Å². The SMILES string of the molecule is Cc1cc(NCCc2ccc(F)cc2)nc(Nc2ccccc2C(F)(F)F)n1. The molecular formula is C20H18F4N4. The van der Waals surface area contributed by atoms with E-state index >= 15 is 0 Å². The number of para-hydroxylation sites is 1. The van der Waals surface area contributed by atoms with Gasteiger partial charge in [-0.3, -0.25) is 0 Å². The molecule has 0 bridgehead atoms. The molecule has 0 unspecified atom stereocenters. The summed E-state index contributed by atoms with van der Waals surface area (Å²) in [7, 11) is 0. The third kappa shape index (κ3) is 5.18. The first-order valence-electron chi connectivity index (χ1n) is 8.58. The highest BCUT2D eigenvalue weighted by Gasteiger charge is 2.33. The zero-order valence-electron chi connectivity index (χ0n) is 15.0. The van der Waals surface area contributed by atoms with E-state index in [4.69, 9.17) is 0 Å². The van der Waals surface area contributed by atoms with Gasteiger partial charge in [0.25, 0.3) is 0 Å². The number of hydrogen-bond donors (Lipinski definition) is 2. The second-order valence-electron chi connectivity index (χ2n) is 6.19. The molecule has 4 nitrogen and oxygen atoms in total. The van der Waals surface area contributed by atoms with Crippen molar-refractivity contribution >= 4 is 17.5 Å². The summed E-state index contributed by atoms with van der Waals surface area (Å²) in [5.74, 6) is 0.264. The number of aryl methyl sites for hydroxylation is 1. The molecule has 3 aromatic rings. The van der Waals surface area contributed by atoms with Gasteiger partial charge < -0.3 is 10.6 Å². The van der Waals surface area contributed by atoms with E-state index in [9.17, 15) is 17.6 Å². The van der Waals surface area contributed by atoms with Crippen LogP contribution in [0, 0.1) is 12.7 Å². The lowest BCUT2D eigenvalue weighted by molar-refractivity contribution is -0.136. The highest BCUT2D eigenvalue weighted by atomic mass is 19.4. The van der Waals surface area contributed by atoms with E-state index in [0.29, 0.717) is 24.5 Å². The van der Waals surface area contributed by atoms with E-state index < -0.39 is 11.7 Å². The molecule has 0 fully saturated rings. The van der Waals surface area contributed by atoms with Crippen LogP contribution in [0.25, 0.3) is 0 Å². The van der Waals surface area contributed by atoms with Gasteiger partial charge in [0.15, 0.2) is 0 Å². The first-order chi connectivity index (χ1) is 13.3. The highest BCUT2D eigenvalue weighted by Crippen LogP contribution is 2.35. The van der Waals surface area contributed by atoms with Gasteiger partial charge in [0, 0.05) is 18.3 Å². The molecule has 0 aliphatic rings. The number of anilines is 3. The molecule has 0 spiro atoms. The van der Waals surface area contributed by atoms with Gasteiger partial charge >= 0.3 is 6.18 Å². The fraction of sp³-hybridized carbons (Fsp3) is 0.200. The van der Waals surface area contributed by atoms with Crippen molar-refractivity contribution in [3.05, 3.63) is 77.2 Å². The number of benzene rings is 2. The smallest absolute Gasteiger partial charge is 0.370 e. The van der Waals surface area contributed by atoms with Gasteiger partial charge in [-0.2, -0.15) is 18.2 Å². The van der Waals surface area contributed by atoms with Crippen molar-refractivity contribution in [3.8, 4) is 0 Å². The van der Waals surface area contributed by atoms with Crippen molar-refractivity contribution in [3.63, 3.8) is 0 Å². The molecule has 0 atom stereocenters. The Morgan fingerprint density at radius 2 is 1.68 bits per heavy atom. The fourth-order valence-corrected chi connectivity index (χ4v) is 2.66. The molecular weight excluding hydrogens is 372 g/mol. The van der Waals surface area contributed by atoms with Crippen LogP contribution in [0.4, 0.5) is 35.0 Å². The van der Waals surface area contributed by atoms with Crippen LogP contribution >= 0.6 is 0 Å². The number of nitrogens with zero attached hydrogens (tertiary/aromatic N) is 2. The van der Waals surface area contributed by atoms with E-state index in [0.717, 1.165) is 11.6 Å². The van der Waals surface area contributed by atoms with E-state index in [1.165, 1.54) is 30.3 Å². The average Bonchev–Trinajstić information content (AvgIpc) is 2.62. The third-order valence-corrected chi connectivity index (χ3v) is 3.97. The minimum Gasteiger partial charge on any atom is -0.370 e. The molecule has 2 aromatic carbocycles. The van der Waals surface area contributed by atoms with Gasteiger partial charge in [-0.25, -0.2) is 9.37 Å². The maximum Gasteiger partial charge on any atom is 0.418 e. The zero-order valence-corrected chi connectivity index (χ0v) is 15.0. The highest BCUT2D eigenvalue weighted by molar-refractivity contribution is 5.60. The Bertz CT molecular complexity index is 940. The first-order valence-corrected chi connectivity index (χ1v) is 8.58. The predicted octanol–water partition coefficient (Wildman–Crippen LogP) is 5.34. The van der Waals surface area contributed by atoms with Crippen molar-refractivity contribution in [1.82, 2.24) is 9.97 Å². The monoisotopic (exact) mass is 390 g/mol. The van der Waals surface area contributed by atoms with Gasteiger partial charge in [0.2, 0.25) is 5.95 Å². The number of rotatable bonds is 6. The van der Waals surface area contributed by atoms with Crippen molar-refractivity contribution < 1.29 is 17.6 Å². The Morgan fingerprint density at radius 3 is 2.39 bits per heavy atom. The second-order valence-corrected chi connectivity index (χ2v) is 6.19. The molecule has 0 amide bonds. The van der Waals surface area contributed by atoms with Crippen LogP contribution in [-0.2, 0) is 12.6 Å². The molecule has 3 rings (SSSR count). The average molecular weight is 390 g/mol. The molecule has 0 aliphatic carbocycles. The molecule has 2 N–H and O–H groups in total.